The number of nitrogens with zero attached hydrogens (tertiary/aromatic N) is 2. The molecule has 3 nitrogen and oxygen atoms in total. The van der Waals surface area contributed by atoms with Gasteiger partial charge in [-0.25, -0.2) is 0 Å². The van der Waals surface area contributed by atoms with E-state index in [2.05, 4.69) is 23.4 Å². The molecular formula is C12H26N2O. The fourth-order valence-electron chi connectivity index (χ4n) is 1.31. The normalized spacial score (nSPS) is 16.5. The molecule has 15 heavy (non-hydrogen) atoms. The predicted molar refractivity (Wildman–Crippen MR) is 66.1 cm³/mol. The SMILES string of the molecule is C=C(C)N(C)CCN1CCOCC1.CC. The second kappa shape index (κ2) is 8.74. The van der Waals surface area contributed by atoms with Crippen LogP contribution in [-0.4, -0.2) is 56.2 Å². The summed E-state index contributed by atoms with van der Waals surface area (Å²) in [6.45, 7) is 16.0. The highest BCUT2D eigenvalue weighted by atomic mass is 16.5. The second-order valence-electron chi connectivity index (χ2n) is 3.61. The van der Waals surface area contributed by atoms with Crippen molar-refractivity contribution in [3.63, 3.8) is 0 Å². The van der Waals surface area contributed by atoms with Crippen LogP contribution in [0.4, 0.5) is 0 Å². The zero-order chi connectivity index (χ0) is 11.7. The summed E-state index contributed by atoms with van der Waals surface area (Å²) in [6.07, 6.45) is 0. The molecule has 3 heteroatoms. The van der Waals surface area contributed by atoms with E-state index in [1.165, 1.54) is 0 Å². The van der Waals surface area contributed by atoms with Crippen LogP contribution in [0.15, 0.2) is 12.3 Å². The van der Waals surface area contributed by atoms with Gasteiger partial charge < -0.3 is 9.64 Å². The summed E-state index contributed by atoms with van der Waals surface area (Å²) in [5.74, 6) is 0. The highest BCUT2D eigenvalue weighted by molar-refractivity contribution is 4.86. The quantitative estimate of drug-likeness (QED) is 0.710. The fourth-order valence-corrected chi connectivity index (χ4v) is 1.31. The molecule has 1 heterocycles. The lowest BCUT2D eigenvalue weighted by atomic mass is 10.4. The molecule has 0 N–H and O–H groups in total. The van der Waals surface area contributed by atoms with E-state index in [0.29, 0.717) is 0 Å². The van der Waals surface area contributed by atoms with Crippen LogP contribution in [0.3, 0.4) is 0 Å². The molecule has 0 bridgehead atoms. The molecule has 0 aliphatic carbocycles. The number of hydrogen-bond donors (Lipinski definition) is 0. The smallest absolute Gasteiger partial charge is 0.0594 e. The van der Waals surface area contributed by atoms with Gasteiger partial charge in [0.2, 0.25) is 0 Å². The van der Waals surface area contributed by atoms with Gasteiger partial charge >= 0.3 is 0 Å². The van der Waals surface area contributed by atoms with Crippen molar-refractivity contribution in [2.24, 2.45) is 0 Å². The van der Waals surface area contributed by atoms with E-state index in [9.17, 15) is 0 Å². The molecule has 0 amide bonds. The second-order valence-corrected chi connectivity index (χ2v) is 3.61. The van der Waals surface area contributed by atoms with E-state index < -0.39 is 0 Å². The average molecular weight is 214 g/mol. The molecule has 0 radical (unpaired) electrons. The third-order valence-electron chi connectivity index (χ3n) is 2.51. The molecule has 0 atom stereocenters. The predicted octanol–water partition coefficient (Wildman–Crippen LogP) is 1.81. The van der Waals surface area contributed by atoms with Gasteiger partial charge in [0, 0.05) is 38.9 Å². The van der Waals surface area contributed by atoms with Crippen molar-refractivity contribution in [2.75, 3.05) is 46.4 Å². The van der Waals surface area contributed by atoms with Crippen molar-refractivity contribution in [1.29, 1.82) is 0 Å². The Bertz CT molecular complexity index is 165. The van der Waals surface area contributed by atoms with Crippen LogP contribution in [0, 0.1) is 0 Å². The standard InChI is InChI=1S/C10H20N2O.C2H6/c1-10(2)11(3)4-5-12-6-8-13-9-7-12;1-2/h1,4-9H2,2-3H3;1-2H3. The van der Waals surface area contributed by atoms with Gasteiger partial charge in [-0.2, -0.15) is 0 Å². The van der Waals surface area contributed by atoms with Crippen LogP contribution >= 0.6 is 0 Å². The summed E-state index contributed by atoms with van der Waals surface area (Å²) in [7, 11) is 2.09. The van der Waals surface area contributed by atoms with Gasteiger partial charge in [0.25, 0.3) is 0 Å². The minimum Gasteiger partial charge on any atom is -0.379 e. The average Bonchev–Trinajstić information content (AvgIpc) is 2.30. The van der Waals surface area contributed by atoms with Gasteiger partial charge in [-0.3, -0.25) is 4.90 Å². The minimum atomic E-state index is 0.886. The van der Waals surface area contributed by atoms with Gasteiger partial charge in [0.1, 0.15) is 0 Å². The van der Waals surface area contributed by atoms with E-state index in [1.54, 1.807) is 0 Å². The van der Waals surface area contributed by atoms with Gasteiger partial charge in [0.15, 0.2) is 0 Å². The maximum absolute atomic E-state index is 5.28. The molecule has 1 saturated heterocycles. The molecular weight excluding hydrogens is 188 g/mol. The molecule has 1 fully saturated rings. The first-order chi connectivity index (χ1) is 7.20. The van der Waals surface area contributed by atoms with Crippen LogP contribution in [0.25, 0.3) is 0 Å². The van der Waals surface area contributed by atoms with Crippen LogP contribution in [-0.2, 0) is 4.74 Å². The number of rotatable bonds is 4. The first-order valence-electron chi connectivity index (χ1n) is 5.87. The van der Waals surface area contributed by atoms with Gasteiger partial charge in [-0.1, -0.05) is 20.4 Å². The van der Waals surface area contributed by atoms with Crippen LogP contribution in [0.1, 0.15) is 20.8 Å². The van der Waals surface area contributed by atoms with Gasteiger partial charge in [0.05, 0.1) is 13.2 Å². The molecule has 0 unspecified atom stereocenters. The molecule has 0 spiro atoms. The fraction of sp³-hybridized carbons (Fsp3) is 0.833. The summed E-state index contributed by atoms with van der Waals surface area (Å²) in [5.41, 5.74) is 1.13. The Morgan fingerprint density at radius 3 is 2.33 bits per heavy atom. The van der Waals surface area contributed by atoms with Crippen molar-refractivity contribution < 1.29 is 4.74 Å². The Morgan fingerprint density at radius 1 is 1.33 bits per heavy atom. The molecule has 1 rings (SSSR count). The zero-order valence-electron chi connectivity index (χ0n) is 10.8. The first kappa shape index (κ1) is 14.5. The number of likely N-dealkylation sites (N-methyl/N-ethyl adjacent to an activating group) is 1. The Labute approximate surface area is 94.7 Å². The topological polar surface area (TPSA) is 15.7 Å². The van der Waals surface area contributed by atoms with E-state index >= 15 is 0 Å². The highest BCUT2D eigenvalue weighted by Crippen LogP contribution is 1.99. The molecule has 0 saturated carbocycles. The molecule has 1 aliphatic rings. The highest BCUT2D eigenvalue weighted by Gasteiger charge is 2.10. The maximum atomic E-state index is 5.28. The molecule has 0 aromatic rings. The van der Waals surface area contributed by atoms with Gasteiger partial charge in [-0.15, -0.1) is 0 Å². The first-order valence-corrected chi connectivity index (χ1v) is 5.87. The Kier molecular flexibility index (Phi) is 8.43. The summed E-state index contributed by atoms with van der Waals surface area (Å²) in [4.78, 5) is 4.62. The Hall–Kier alpha value is -0.540. The van der Waals surface area contributed by atoms with E-state index in [1.807, 2.05) is 20.8 Å². The Morgan fingerprint density at radius 2 is 1.87 bits per heavy atom. The van der Waals surface area contributed by atoms with Crippen molar-refractivity contribution in [2.45, 2.75) is 20.8 Å². The number of ether oxygens (including phenoxy) is 1. The largest absolute Gasteiger partial charge is 0.379 e. The summed E-state index contributed by atoms with van der Waals surface area (Å²) < 4.78 is 5.28. The van der Waals surface area contributed by atoms with Crippen molar-refractivity contribution in [3.05, 3.63) is 12.3 Å². The van der Waals surface area contributed by atoms with Crippen molar-refractivity contribution in [3.8, 4) is 0 Å². The summed E-state index contributed by atoms with van der Waals surface area (Å²) in [5, 5.41) is 0. The molecule has 1 aliphatic heterocycles. The van der Waals surface area contributed by atoms with Crippen molar-refractivity contribution in [1.82, 2.24) is 9.80 Å². The minimum absolute atomic E-state index is 0.886. The van der Waals surface area contributed by atoms with Gasteiger partial charge in [-0.05, 0) is 6.92 Å². The monoisotopic (exact) mass is 214 g/mol. The van der Waals surface area contributed by atoms with Crippen molar-refractivity contribution >= 4 is 0 Å². The maximum Gasteiger partial charge on any atom is 0.0594 e. The lowest BCUT2D eigenvalue weighted by Gasteiger charge is -2.29. The zero-order valence-corrected chi connectivity index (χ0v) is 10.8. The Balaban J connectivity index is 0.000000921. The van der Waals surface area contributed by atoms with E-state index in [4.69, 9.17) is 4.74 Å². The number of morpholine rings is 1. The molecule has 0 aromatic carbocycles. The summed E-state index contributed by atoms with van der Waals surface area (Å²) in [6, 6.07) is 0. The van der Waals surface area contributed by atoms with Crippen LogP contribution < -0.4 is 0 Å². The van der Waals surface area contributed by atoms with Crippen LogP contribution in [0.2, 0.25) is 0 Å². The summed E-state index contributed by atoms with van der Waals surface area (Å²) >= 11 is 0. The number of allylic oxidation sites excluding steroid dienone is 1. The third kappa shape index (κ3) is 6.52. The van der Waals surface area contributed by atoms with E-state index in [-0.39, 0.29) is 0 Å². The third-order valence-corrected chi connectivity index (χ3v) is 2.51. The molecule has 0 aromatic heterocycles. The van der Waals surface area contributed by atoms with Crippen LogP contribution in [0.5, 0.6) is 0 Å². The number of hydrogen-bond acceptors (Lipinski definition) is 3. The van der Waals surface area contributed by atoms with E-state index in [0.717, 1.165) is 45.1 Å². The molecule has 90 valence electrons. The lowest BCUT2D eigenvalue weighted by Crippen LogP contribution is -2.40. The lowest BCUT2D eigenvalue weighted by molar-refractivity contribution is 0.0356.